The Balaban J connectivity index is 1.62. The molecule has 0 aliphatic heterocycles. The molecule has 2 rings (SSSR count). The second kappa shape index (κ2) is 7.84. The number of hydrogen-bond donors (Lipinski definition) is 2. The molecule has 1 aromatic carbocycles. The second-order valence-electron chi connectivity index (χ2n) is 4.25. The van der Waals surface area contributed by atoms with E-state index in [2.05, 4.69) is 15.6 Å². The number of aromatic nitrogens is 1. The largest absolute Gasteiger partial charge is 0.489 e. The van der Waals surface area contributed by atoms with Gasteiger partial charge in [-0.05, 0) is 23.8 Å². The molecule has 21 heavy (non-hydrogen) atoms. The van der Waals surface area contributed by atoms with Crippen LogP contribution in [0.4, 0.5) is 9.18 Å². The van der Waals surface area contributed by atoms with Gasteiger partial charge in [0.25, 0.3) is 0 Å². The molecule has 1 aromatic heterocycles. The Morgan fingerprint density at radius 2 is 2.05 bits per heavy atom. The SMILES string of the molecule is O=C(NCCOc1ccccc1F)NCc1cccnc1. The van der Waals surface area contributed by atoms with Gasteiger partial charge in [-0.25, -0.2) is 9.18 Å². The molecule has 0 aliphatic carbocycles. The highest BCUT2D eigenvalue weighted by Gasteiger charge is 2.02. The van der Waals surface area contributed by atoms with Crippen LogP contribution in [0.25, 0.3) is 0 Å². The van der Waals surface area contributed by atoms with Gasteiger partial charge in [-0.3, -0.25) is 4.98 Å². The first-order valence-corrected chi connectivity index (χ1v) is 6.53. The van der Waals surface area contributed by atoms with Crippen LogP contribution < -0.4 is 15.4 Å². The summed E-state index contributed by atoms with van der Waals surface area (Å²) < 4.78 is 18.5. The van der Waals surface area contributed by atoms with Crippen molar-refractivity contribution in [1.29, 1.82) is 0 Å². The molecule has 0 fully saturated rings. The third kappa shape index (κ3) is 5.10. The lowest BCUT2D eigenvalue weighted by molar-refractivity contribution is 0.235. The van der Waals surface area contributed by atoms with E-state index in [9.17, 15) is 9.18 Å². The van der Waals surface area contributed by atoms with Crippen molar-refractivity contribution in [1.82, 2.24) is 15.6 Å². The van der Waals surface area contributed by atoms with Crippen LogP contribution in [0.1, 0.15) is 5.56 Å². The van der Waals surface area contributed by atoms with Crippen LogP contribution >= 0.6 is 0 Å². The molecule has 2 amide bonds. The molecule has 2 aromatic rings. The summed E-state index contributed by atoms with van der Waals surface area (Å²) in [6, 6.07) is 9.50. The third-order valence-corrected chi connectivity index (χ3v) is 2.66. The smallest absolute Gasteiger partial charge is 0.315 e. The molecule has 0 saturated heterocycles. The molecule has 0 aliphatic rings. The van der Waals surface area contributed by atoms with E-state index >= 15 is 0 Å². The molecule has 0 spiro atoms. The van der Waals surface area contributed by atoms with E-state index in [1.165, 1.54) is 12.1 Å². The minimum Gasteiger partial charge on any atom is -0.489 e. The van der Waals surface area contributed by atoms with E-state index in [1.807, 2.05) is 6.07 Å². The minimum absolute atomic E-state index is 0.176. The number of carbonyl (C=O) groups is 1. The molecular weight excluding hydrogens is 273 g/mol. The Morgan fingerprint density at radius 1 is 1.19 bits per heavy atom. The van der Waals surface area contributed by atoms with Gasteiger partial charge in [0.05, 0.1) is 6.54 Å². The summed E-state index contributed by atoms with van der Waals surface area (Å²) in [7, 11) is 0. The standard InChI is InChI=1S/C15H16FN3O2/c16-13-5-1-2-6-14(13)21-9-8-18-15(20)19-11-12-4-3-7-17-10-12/h1-7,10H,8-9,11H2,(H2,18,19,20). The zero-order valence-corrected chi connectivity index (χ0v) is 11.4. The molecular formula is C15H16FN3O2. The first-order valence-electron chi connectivity index (χ1n) is 6.53. The summed E-state index contributed by atoms with van der Waals surface area (Å²) >= 11 is 0. The fourth-order valence-electron chi connectivity index (χ4n) is 1.63. The van der Waals surface area contributed by atoms with E-state index in [-0.39, 0.29) is 24.9 Å². The van der Waals surface area contributed by atoms with E-state index in [0.29, 0.717) is 6.54 Å². The lowest BCUT2D eigenvalue weighted by Crippen LogP contribution is -2.37. The number of halogens is 1. The Labute approximate surface area is 122 Å². The molecule has 6 heteroatoms. The normalized spacial score (nSPS) is 9.95. The Kier molecular flexibility index (Phi) is 5.51. The van der Waals surface area contributed by atoms with Gasteiger partial charge in [0.1, 0.15) is 6.61 Å². The summed E-state index contributed by atoms with van der Waals surface area (Å²) in [5.74, 6) is -0.242. The fraction of sp³-hybridized carbons (Fsp3) is 0.200. The van der Waals surface area contributed by atoms with Gasteiger partial charge in [0.2, 0.25) is 0 Å². The summed E-state index contributed by atoms with van der Waals surface area (Å²) in [6.45, 7) is 0.877. The number of hydrogen-bond acceptors (Lipinski definition) is 3. The number of para-hydroxylation sites is 1. The lowest BCUT2D eigenvalue weighted by atomic mass is 10.3. The molecule has 2 N–H and O–H groups in total. The van der Waals surface area contributed by atoms with Gasteiger partial charge in [0.15, 0.2) is 11.6 Å². The van der Waals surface area contributed by atoms with Crippen LogP contribution in [0.2, 0.25) is 0 Å². The highest BCUT2D eigenvalue weighted by atomic mass is 19.1. The number of amides is 2. The van der Waals surface area contributed by atoms with Crippen LogP contribution in [0, 0.1) is 5.82 Å². The quantitative estimate of drug-likeness (QED) is 0.800. The predicted octanol–water partition coefficient (Wildman–Crippen LogP) is 2.10. The van der Waals surface area contributed by atoms with Crippen molar-refractivity contribution < 1.29 is 13.9 Å². The van der Waals surface area contributed by atoms with E-state index in [1.54, 1.807) is 30.6 Å². The van der Waals surface area contributed by atoms with Crippen LogP contribution in [0.5, 0.6) is 5.75 Å². The molecule has 110 valence electrons. The number of nitrogens with zero attached hydrogens (tertiary/aromatic N) is 1. The maximum absolute atomic E-state index is 13.3. The van der Waals surface area contributed by atoms with Gasteiger partial charge in [-0.15, -0.1) is 0 Å². The topological polar surface area (TPSA) is 63.2 Å². The monoisotopic (exact) mass is 289 g/mol. The van der Waals surface area contributed by atoms with Crippen LogP contribution in [-0.4, -0.2) is 24.2 Å². The summed E-state index contributed by atoms with van der Waals surface area (Å²) in [6.07, 6.45) is 3.35. The maximum atomic E-state index is 13.3. The first kappa shape index (κ1) is 14.8. The number of benzene rings is 1. The molecule has 0 saturated carbocycles. The highest BCUT2D eigenvalue weighted by Crippen LogP contribution is 2.14. The van der Waals surface area contributed by atoms with E-state index < -0.39 is 5.82 Å². The highest BCUT2D eigenvalue weighted by molar-refractivity contribution is 5.73. The maximum Gasteiger partial charge on any atom is 0.315 e. The van der Waals surface area contributed by atoms with Crippen LogP contribution in [0.15, 0.2) is 48.8 Å². The summed E-state index contributed by atoms with van der Waals surface area (Å²) in [5.41, 5.74) is 0.912. The van der Waals surface area contributed by atoms with Crippen molar-refractivity contribution >= 4 is 6.03 Å². The molecule has 0 radical (unpaired) electrons. The van der Waals surface area contributed by atoms with Gasteiger partial charge in [0, 0.05) is 18.9 Å². The number of carbonyl (C=O) groups excluding carboxylic acids is 1. The van der Waals surface area contributed by atoms with Gasteiger partial charge < -0.3 is 15.4 Å². The first-order chi connectivity index (χ1) is 10.3. The number of nitrogens with one attached hydrogen (secondary N) is 2. The van der Waals surface area contributed by atoms with E-state index in [0.717, 1.165) is 5.56 Å². The van der Waals surface area contributed by atoms with Crippen molar-refractivity contribution in [3.05, 3.63) is 60.2 Å². The van der Waals surface area contributed by atoms with E-state index in [4.69, 9.17) is 4.74 Å². The molecule has 0 bridgehead atoms. The lowest BCUT2D eigenvalue weighted by Gasteiger charge is -2.09. The van der Waals surface area contributed by atoms with Gasteiger partial charge in [-0.1, -0.05) is 18.2 Å². The Hall–Kier alpha value is -2.63. The fourth-order valence-corrected chi connectivity index (χ4v) is 1.63. The van der Waals surface area contributed by atoms with Crippen molar-refractivity contribution in [2.45, 2.75) is 6.54 Å². The van der Waals surface area contributed by atoms with Crippen molar-refractivity contribution in [2.75, 3.05) is 13.2 Å². The average Bonchev–Trinajstić information content (AvgIpc) is 2.52. The predicted molar refractivity (Wildman–Crippen MR) is 76.4 cm³/mol. The average molecular weight is 289 g/mol. The number of ether oxygens (including phenoxy) is 1. The Bertz CT molecular complexity index is 578. The zero-order valence-electron chi connectivity index (χ0n) is 11.4. The zero-order chi connectivity index (χ0) is 14.9. The summed E-state index contributed by atoms with van der Waals surface area (Å²) in [4.78, 5) is 15.5. The summed E-state index contributed by atoms with van der Waals surface area (Å²) in [5, 5.41) is 5.31. The number of pyridine rings is 1. The van der Waals surface area contributed by atoms with Crippen molar-refractivity contribution in [3.63, 3.8) is 0 Å². The van der Waals surface area contributed by atoms with Crippen LogP contribution in [0.3, 0.4) is 0 Å². The van der Waals surface area contributed by atoms with Gasteiger partial charge in [-0.2, -0.15) is 0 Å². The Morgan fingerprint density at radius 3 is 2.81 bits per heavy atom. The molecule has 5 nitrogen and oxygen atoms in total. The number of urea groups is 1. The number of rotatable bonds is 6. The minimum atomic E-state index is -0.418. The van der Waals surface area contributed by atoms with Gasteiger partial charge >= 0.3 is 6.03 Å². The second-order valence-corrected chi connectivity index (χ2v) is 4.25. The third-order valence-electron chi connectivity index (χ3n) is 2.66. The molecule has 0 unspecified atom stereocenters. The molecule has 0 atom stereocenters. The van der Waals surface area contributed by atoms with Crippen molar-refractivity contribution in [2.24, 2.45) is 0 Å². The molecule has 1 heterocycles. The van der Waals surface area contributed by atoms with Crippen molar-refractivity contribution in [3.8, 4) is 5.75 Å². The van der Waals surface area contributed by atoms with Crippen LogP contribution in [-0.2, 0) is 6.54 Å².